The summed E-state index contributed by atoms with van der Waals surface area (Å²) in [5.74, 6) is -1.04. The highest BCUT2D eigenvalue weighted by Crippen LogP contribution is 2.29. The summed E-state index contributed by atoms with van der Waals surface area (Å²) in [4.78, 5) is 11.0. The van der Waals surface area contributed by atoms with Crippen molar-refractivity contribution in [2.75, 3.05) is 0 Å². The van der Waals surface area contributed by atoms with Gasteiger partial charge in [0.2, 0.25) is 0 Å². The predicted molar refractivity (Wildman–Crippen MR) is 81.0 cm³/mol. The Bertz CT molecular complexity index is 883. The van der Waals surface area contributed by atoms with Crippen molar-refractivity contribution in [2.45, 2.75) is 6.18 Å². The molecule has 0 unspecified atom stereocenters. The van der Waals surface area contributed by atoms with Crippen LogP contribution in [0.1, 0.15) is 15.9 Å². The summed E-state index contributed by atoms with van der Waals surface area (Å²) in [5.41, 5.74) is 1.02. The lowest BCUT2D eigenvalue weighted by Gasteiger charge is -2.07. The van der Waals surface area contributed by atoms with Crippen LogP contribution in [0.25, 0.3) is 16.9 Å². The maximum atomic E-state index is 12.6. The Morgan fingerprint density at radius 2 is 1.75 bits per heavy atom. The Hall–Kier alpha value is -3.09. The first kappa shape index (κ1) is 15.8. The minimum atomic E-state index is -4.38. The molecule has 0 radical (unpaired) electrons. The van der Waals surface area contributed by atoms with E-state index in [0.29, 0.717) is 16.9 Å². The van der Waals surface area contributed by atoms with E-state index < -0.39 is 17.7 Å². The zero-order valence-corrected chi connectivity index (χ0v) is 12.2. The molecule has 122 valence electrons. The molecule has 0 atom stereocenters. The number of carbonyl (C=O) groups is 1. The van der Waals surface area contributed by atoms with Gasteiger partial charge in [-0.3, -0.25) is 0 Å². The second kappa shape index (κ2) is 5.84. The molecule has 0 saturated heterocycles. The minimum absolute atomic E-state index is 0.136. The third-order valence-electron chi connectivity index (χ3n) is 3.45. The first-order valence-corrected chi connectivity index (χ1v) is 6.91. The Morgan fingerprint density at radius 1 is 1.04 bits per heavy atom. The van der Waals surface area contributed by atoms with Crippen molar-refractivity contribution in [1.82, 2.24) is 9.78 Å². The lowest BCUT2D eigenvalue weighted by atomic mass is 10.1. The molecular weight excluding hydrogens is 321 g/mol. The molecule has 0 aliphatic rings. The van der Waals surface area contributed by atoms with Crippen LogP contribution >= 0.6 is 0 Å². The predicted octanol–water partition coefficient (Wildman–Crippen LogP) is 4.26. The van der Waals surface area contributed by atoms with Gasteiger partial charge in [-0.2, -0.15) is 18.3 Å². The molecule has 3 rings (SSSR count). The van der Waals surface area contributed by atoms with Gasteiger partial charge >= 0.3 is 12.1 Å². The number of rotatable bonds is 3. The van der Waals surface area contributed by atoms with Gasteiger partial charge in [-0.05, 0) is 42.5 Å². The van der Waals surface area contributed by atoms with Crippen LogP contribution in [-0.4, -0.2) is 20.9 Å². The third-order valence-corrected chi connectivity index (χ3v) is 3.45. The third kappa shape index (κ3) is 3.15. The molecule has 0 aliphatic heterocycles. The van der Waals surface area contributed by atoms with Gasteiger partial charge in [0.25, 0.3) is 0 Å². The largest absolute Gasteiger partial charge is 0.478 e. The molecule has 0 spiro atoms. The fraction of sp³-hybridized carbons (Fsp3) is 0.0588. The van der Waals surface area contributed by atoms with Crippen molar-refractivity contribution in [3.63, 3.8) is 0 Å². The van der Waals surface area contributed by atoms with Crippen molar-refractivity contribution in [2.24, 2.45) is 0 Å². The standard InChI is InChI=1S/C17H11F3N2O2/c18-17(19,20)13-4-6-14(7-5-13)22-9-8-15(21-22)11-2-1-3-12(10-11)16(23)24/h1-10H,(H,23,24). The maximum Gasteiger partial charge on any atom is 0.416 e. The van der Waals surface area contributed by atoms with E-state index in [1.807, 2.05) is 0 Å². The smallest absolute Gasteiger partial charge is 0.416 e. The highest BCUT2D eigenvalue weighted by molar-refractivity contribution is 5.89. The van der Waals surface area contributed by atoms with Gasteiger partial charge < -0.3 is 5.11 Å². The Kier molecular flexibility index (Phi) is 3.84. The quantitative estimate of drug-likeness (QED) is 0.780. The fourth-order valence-corrected chi connectivity index (χ4v) is 2.24. The number of alkyl halides is 3. The van der Waals surface area contributed by atoms with Crippen LogP contribution in [0, 0.1) is 0 Å². The number of halogens is 3. The van der Waals surface area contributed by atoms with Crippen molar-refractivity contribution in [3.05, 3.63) is 71.9 Å². The molecule has 24 heavy (non-hydrogen) atoms. The monoisotopic (exact) mass is 332 g/mol. The lowest BCUT2D eigenvalue weighted by Crippen LogP contribution is -2.05. The lowest BCUT2D eigenvalue weighted by molar-refractivity contribution is -0.137. The summed E-state index contributed by atoms with van der Waals surface area (Å²) >= 11 is 0. The topological polar surface area (TPSA) is 55.1 Å². The maximum absolute atomic E-state index is 12.6. The summed E-state index contributed by atoms with van der Waals surface area (Å²) in [5, 5.41) is 13.3. The van der Waals surface area contributed by atoms with Crippen LogP contribution in [0.5, 0.6) is 0 Å². The summed E-state index contributed by atoms with van der Waals surface area (Å²) < 4.78 is 39.2. The second-order valence-corrected chi connectivity index (χ2v) is 5.08. The van der Waals surface area contributed by atoms with Gasteiger partial charge in [0, 0.05) is 11.8 Å². The average molecular weight is 332 g/mol. The van der Waals surface area contributed by atoms with Crippen LogP contribution in [-0.2, 0) is 6.18 Å². The summed E-state index contributed by atoms with van der Waals surface area (Å²) in [6.45, 7) is 0. The molecule has 1 N–H and O–H groups in total. The highest BCUT2D eigenvalue weighted by atomic mass is 19.4. The van der Waals surface area contributed by atoms with E-state index in [1.165, 1.54) is 28.9 Å². The van der Waals surface area contributed by atoms with E-state index in [-0.39, 0.29) is 5.56 Å². The second-order valence-electron chi connectivity index (χ2n) is 5.08. The van der Waals surface area contributed by atoms with E-state index in [2.05, 4.69) is 5.10 Å². The van der Waals surface area contributed by atoms with Crippen molar-refractivity contribution >= 4 is 5.97 Å². The molecule has 0 aliphatic carbocycles. The molecule has 4 nitrogen and oxygen atoms in total. The number of aromatic nitrogens is 2. The Labute approximate surface area is 134 Å². The molecule has 7 heteroatoms. The fourth-order valence-electron chi connectivity index (χ4n) is 2.24. The minimum Gasteiger partial charge on any atom is -0.478 e. The zero-order valence-electron chi connectivity index (χ0n) is 12.2. The van der Waals surface area contributed by atoms with E-state index in [4.69, 9.17) is 5.11 Å². The van der Waals surface area contributed by atoms with Crippen LogP contribution in [0.2, 0.25) is 0 Å². The summed E-state index contributed by atoms with van der Waals surface area (Å²) in [7, 11) is 0. The SMILES string of the molecule is O=C(O)c1cccc(-c2ccn(-c3ccc(C(F)(F)F)cc3)n2)c1. The number of nitrogens with zero attached hydrogens (tertiary/aromatic N) is 2. The average Bonchev–Trinajstić information content (AvgIpc) is 3.04. The first-order chi connectivity index (χ1) is 11.3. The van der Waals surface area contributed by atoms with Crippen LogP contribution < -0.4 is 0 Å². The number of benzene rings is 2. The van der Waals surface area contributed by atoms with Crippen molar-refractivity contribution < 1.29 is 23.1 Å². The van der Waals surface area contributed by atoms with Gasteiger partial charge in [0.15, 0.2) is 0 Å². The normalized spacial score (nSPS) is 11.5. The molecule has 0 saturated carbocycles. The van der Waals surface area contributed by atoms with Gasteiger partial charge in [-0.25, -0.2) is 9.48 Å². The Balaban J connectivity index is 1.91. The van der Waals surface area contributed by atoms with Crippen LogP contribution in [0.3, 0.4) is 0 Å². The van der Waals surface area contributed by atoms with E-state index in [0.717, 1.165) is 12.1 Å². The van der Waals surface area contributed by atoms with Crippen LogP contribution in [0.4, 0.5) is 13.2 Å². The molecule has 2 aromatic carbocycles. The van der Waals surface area contributed by atoms with Crippen molar-refractivity contribution in [1.29, 1.82) is 0 Å². The molecule has 0 fully saturated rings. The molecule has 1 aromatic heterocycles. The number of hydrogen-bond donors (Lipinski definition) is 1. The highest BCUT2D eigenvalue weighted by Gasteiger charge is 2.30. The van der Waals surface area contributed by atoms with E-state index >= 15 is 0 Å². The number of aromatic carboxylic acids is 1. The summed E-state index contributed by atoms with van der Waals surface area (Å²) in [6, 6.07) is 12.6. The van der Waals surface area contributed by atoms with Gasteiger partial charge in [0.1, 0.15) is 0 Å². The van der Waals surface area contributed by atoms with Crippen LogP contribution in [0.15, 0.2) is 60.8 Å². The molecule has 0 bridgehead atoms. The molecular formula is C17H11F3N2O2. The number of carboxylic acids is 1. The van der Waals surface area contributed by atoms with Gasteiger partial charge in [-0.15, -0.1) is 0 Å². The Morgan fingerprint density at radius 3 is 2.38 bits per heavy atom. The number of carboxylic acid groups (broad SMARTS) is 1. The van der Waals surface area contributed by atoms with E-state index in [1.54, 1.807) is 24.4 Å². The summed E-state index contributed by atoms with van der Waals surface area (Å²) in [6.07, 6.45) is -2.78. The molecule has 1 heterocycles. The van der Waals surface area contributed by atoms with E-state index in [9.17, 15) is 18.0 Å². The molecule has 0 amide bonds. The van der Waals surface area contributed by atoms with Crippen molar-refractivity contribution in [3.8, 4) is 16.9 Å². The first-order valence-electron chi connectivity index (χ1n) is 6.91. The van der Waals surface area contributed by atoms with Gasteiger partial charge in [0.05, 0.1) is 22.5 Å². The molecule has 3 aromatic rings. The zero-order chi connectivity index (χ0) is 17.3. The van der Waals surface area contributed by atoms with Gasteiger partial charge in [-0.1, -0.05) is 12.1 Å². The number of hydrogen-bond acceptors (Lipinski definition) is 2.